The van der Waals surface area contributed by atoms with Crippen molar-refractivity contribution in [3.8, 4) is 0 Å². The van der Waals surface area contributed by atoms with E-state index in [0.717, 1.165) is 5.92 Å². The highest BCUT2D eigenvalue weighted by Gasteiger charge is 2.59. The Morgan fingerprint density at radius 2 is 1.92 bits per heavy atom. The van der Waals surface area contributed by atoms with E-state index in [0.29, 0.717) is 10.8 Å². The van der Waals surface area contributed by atoms with Crippen LogP contribution in [0, 0.1) is 16.7 Å². The summed E-state index contributed by atoms with van der Waals surface area (Å²) in [5.41, 5.74) is 1.22. The number of hydrogen-bond acceptors (Lipinski definition) is 0. The zero-order valence-electron chi connectivity index (χ0n) is 8.78. The van der Waals surface area contributed by atoms with Crippen LogP contribution in [0.15, 0.2) is 0 Å². The maximum atomic E-state index is 3.67. The highest BCUT2D eigenvalue weighted by atomic mass is 79.9. The van der Waals surface area contributed by atoms with E-state index >= 15 is 0 Å². The van der Waals surface area contributed by atoms with Crippen molar-refractivity contribution in [1.29, 1.82) is 0 Å². The number of hydrogen-bond donors (Lipinski definition) is 0. The molecule has 0 aromatic carbocycles. The molecule has 0 saturated heterocycles. The maximum Gasteiger partial charge on any atom is 0.00933 e. The second kappa shape index (κ2) is 3.32. The van der Waals surface area contributed by atoms with Crippen molar-refractivity contribution in [2.24, 2.45) is 16.7 Å². The molecule has 72 valence electrons. The minimum Gasteiger partial charge on any atom is -0.0922 e. The second-order valence-electron chi connectivity index (χ2n) is 5.19. The Morgan fingerprint density at radius 1 is 1.42 bits per heavy atom. The first-order valence-corrected chi connectivity index (χ1v) is 6.15. The number of halogens is 1. The van der Waals surface area contributed by atoms with Crippen LogP contribution >= 0.6 is 15.9 Å². The lowest BCUT2D eigenvalue weighted by Crippen LogP contribution is -2.14. The first-order chi connectivity index (χ1) is 5.47. The van der Waals surface area contributed by atoms with Gasteiger partial charge < -0.3 is 0 Å². The van der Waals surface area contributed by atoms with E-state index in [9.17, 15) is 0 Å². The molecule has 2 unspecified atom stereocenters. The largest absolute Gasteiger partial charge is 0.0922 e. The molecule has 12 heavy (non-hydrogen) atoms. The van der Waals surface area contributed by atoms with Gasteiger partial charge in [-0.15, -0.1) is 0 Å². The molecule has 0 aliphatic heterocycles. The third kappa shape index (κ3) is 1.71. The van der Waals surface area contributed by atoms with E-state index in [1.807, 2.05) is 0 Å². The van der Waals surface area contributed by atoms with Crippen LogP contribution in [0.4, 0.5) is 0 Å². The first-order valence-electron chi connectivity index (χ1n) is 5.03. The minimum absolute atomic E-state index is 0.597. The summed E-state index contributed by atoms with van der Waals surface area (Å²) in [4.78, 5) is 0. The van der Waals surface area contributed by atoms with E-state index in [2.05, 4.69) is 43.6 Å². The van der Waals surface area contributed by atoms with Gasteiger partial charge in [-0.3, -0.25) is 0 Å². The van der Waals surface area contributed by atoms with Gasteiger partial charge in [-0.25, -0.2) is 0 Å². The Labute approximate surface area is 85.3 Å². The second-order valence-corrected chi connectivity index (χ2v) is 5.75. The van der Waals surface area contributed by atoms with Crippen molar-refractivity contribution >= 4 is 15.9 Å². The van der Waals surface area contributed by atoms with Gasteiger partial charge in [0.2, 0.25) is 0 Å². The van der Waals surface area contributed by atoms with Crippen molar-refractivity contribution < 1.29 is 0 Å². The summed E-state index contributed by atoms with van der Waals surface area (Å²) < 4.78 is 0. The molecule has 0 N–H and O–H groups in total. The predicted molar refractivity (Wildman–Crippen MR) is 58.7 cm³/mol. The van der Waals surface area contributed by atoms with Crippen molar-refractivity contribution in [1.82, 2.24) is 0 Å². The normalized spacial score (nSPS) is 34.8. The smallest absolute Gasteiger partial charge is 0.00933 e. The van der Waals surface area contributed by atoms with Crippen LogP contribution in [0.25, 0.3) is 0 Å². The summed E-state index contributed by atoms with van der Waals surface area (Å²) in [7, 11) is 0. The van der Waals surface area contributed by atoms with Gasteiger partial charge in [-0.1, -0.05) is 50.0 Å². The van der Waals surface area contributed by atoms with Gasteiger partial charge in [0.25, 0.3) is 0 Å². The Morgan fingerprint density at radius 3 is 2.17 bits per heavy atom. The molecule has 2 atom stereocenters. The molecule has 1 rings (SSSR count). The SMILES string of the molecule is CCC(C)CC1(CBr)CC1(C)C. The topological polar surface area (TPSA) is 0 Å². The van der Waals surface area contributed by atoms with E-state index < -0.39 is 0 Å². The number of rotatable bonds is 4. The van der Waals surface area contributed by atoms with Gasteiger partial charge in [0, 0.05) is 5.33 Å². The summed E-state index contributed by atoms with van der Waals surface area (Å²) in [6.45, 7) is 9.47. The van der Waals surface area contributed by atoms with Crippen molar-refractivity contribution in [2.75, 3.05) is 5.33 Å². The summed E-state index contributed by atoms with van der Waals surface area (Å²) in [6.07, 6.45) is 4.14. The molecular weight excluding hydrogens is 212 g/mol. The van der Waals surface area contributed by atoms with Crippen LogP contribution < -0.4 is 0 Å². The first kappa shape index (κ1) is 10.6. The summed E-state index contributed by atoms with van der Waals surface area (Å²) in [6, 6.07) is 0. The van der Waals surface area contributed by atoms with Gasteiger partial charge in [0.15, 0.2) is 0 Å². The third-order valence-electron chi connectivity index (χ3n) is 3.78. The monoisotopic (exact) mass is 232 g/mol. The molecule has 0 spiro atoms. The lowest BCUT2D eigenvalue weighted by Gasteiger charge is -2.21. The average Bonchev–Trinajstić information content (AvgIpc) is 2.54. The van der Waals surface area contributed by atoms with E-state index in [1.54, 1.807) is 0 Å². The lowest BCUT2D eigenvalue weighted by atomic mass is 9.87. The Hall–Kier alpha value is 0.480. The highest BCUT2D eigenvalue weighted by Crippen LogP contribution is 2.67. The minimum atomic E-state index is 0.597. The van der Waals surface area contributed by atoms with Crippen LogP contribution in [0.3, 0.4) is 0 Å². The van der Waals surface area contributed by atoms with Crippen LogP contribution in [0.5, 0.6) is 0 Å². The van der Waals surface area contributed by atoms with Gasteiger partial charge >= 0.3 is 0 Å². The molecule has 0 bridgehead atoms. The molecule has 0 heterocycles. The molecular formula is C11H21Br. The highest BCUT2D eigenvalue weighted by molar-refractivity contribution is 9.09. The molecule has 1 fully saturated rings. The molecule has 0 aromatic rings. The van der Waals surface area contributed by atoms with Crippen molar-refractivity contribution in [2.45, 2.75) is 47.0 Å². The lowest BCUT2D eigenvalue weighted by molar-refractivity contribution is 0.329. The number of alkyl halides is 1. The van der Waals surface area contributed by atoms with Gasteiger partial charge in [-0.2, -0.15) is 0 Å². The molecule has 0 amide bonds. The summed E-state index contributed by atoms with van der Waals surface area (Å²) in [5, 5.41) is 1.19. The van der Waals surface area contributed by atoms with E-state index in [1.165, 1.54) is 24.6 Å². The van der Waals surface area contributed by atoms with Crippen LogP contribution in [-0.4, -0.2) is 5.33 Å². The average molecular weight is 233 g/mol. The molecule has 1 heteroatoms. The summed E-state index contributed by atoms with van der Waals surface area (Å²) in [5.74, 6) is 0.893. The molecule has 0 aromatic heterocycles. The van der Waals surface area contributed by atoms with Crippen molar-refractivity contribution in [3.05, 3.63) is 0 Å². The van der Waals surface area contributed by atoms with Crippen molar-refractivity contribution in [3.63, 3.8) is 0 Å². The zero-order valence-corrected chi connectivity index (χ0v) is 10.4. The van der Waals surface area contributed by atoms with Crippen LogP contribution in [-0.2, 0) is 0 Å². The summed E-state index contributed by atoms with van der Waals surface area (Å²) >= 11 is 3.67. The molecule has 0 radical (unpaired) electrons. The van der Waals surface area contributed by atoms with Gasteiger partial charge in [0.05, 0.1) is 0 Å². The van der Waals surface area contributed by atoms with E-state index in [-0.39, 0.29) is 0 Å². The Bertz CT molecular complexity index is 162. The van der Waals surface area contributed by atoms with E-state index in [4.69, 9.17) is 0 Å². The van der Waals surface area contributed by atoms with Gasteiger partial charge in [-0.05, 0) is 29.6 Å². The zero-order chi connectivity index (χ0) is 9.41. The third-order valence-corrected chi connectivity index (χ3v) is 4.86. The Kier molecular flexibility index (Phi) is 2.92. The fraction of sp³-hybridized carbons (Fsp3) is 1.00. The standard InChI is InChI=1S/C11H21Br/c1-5-9(2)6-11(8-12)7-10(11,3)4/h9H,5-8H2,1-4H3. The molecule has 1 aliphatic carbocycles. The fourth-order valence-corrected chi connectivity index (χ4v) is 3.43. The Balaban J connectivity index is 2.50. The molecule has 1 saturated carbocycles. The molecule has 1 aliphatic rings. The van der Waals surface area contributed by atoms with Crippen LogP contribution in [0.1, 0.15) is 47.0 Å². The fourth-order valence-electron chi connectivity index (χ4n) is 2.24. The quantitative estimate of drug-likeness (QED) is 0.637. The maximum absolute atomic E-state index is 3.67. The molecule has 0 nitrogen and oxygen atoms in total. The van der Waals surface area contributed by atoms with Crippen LogP contribution in [0.2, 0.25) is 0 Å². The predicted octanol–water partition coefficient (Wildman–Crippen LogP) is 4.23. The van der Waals surface area contributed by atoms with Gasteiger partial charge in [0.1, 0.15) is 0 Å².